The van der Waals surface area contributed by atoms with E-state index in [4.69, 9.17) is 0 Å². The molecule has 1 saturated heterocycles. The van der Waals surface area contributed by atoms with Gasteiger partial charge < -0.3 is 9.67 Å². The first-order valence-corrected chi connectivity index (χ1v) is 9.17. The van der Waals surface area contributed by atoms with Gasteiger partial charge in [0.15, 0.2) is 5.03 Å². The normalized spacial score (nSPS) is 31.4. The number of aliphatic carboxylic acids is 1. The molecule has 2 atom stereocenters. The summed E-state index contributed by atoms with van der Waals surface area (Å²) in [5.74, 6) is -0.113. The lowest BCUT2D eigenvalue weighted by Gasteiger charge is -2.23. The Morgan fingerprint density at radius 3 is 2.95 bits per heavy atom. The molecule has 1 saturated carbocycles. The summed E-state index contributed by atoms with van der Waals surface area (Å²) in [6.07, 6.45) is 5.37. The van der Waals surface area contributed by atoms with Crippen molar-refractivity contribution in [1.29, 1.82) is 0 Å². The molecular weight excluding hydrogens is 306 g/mol. The van der Waals surface area contributed by atoms with Crippen LogP contribution in [0.1, 0.15) is 31.5 Å². The molecule has 120 valence electrons. The Morgan fingerprint density at radius 1 is 1.41 bits per heavy atom. The molecule has 3 aliphatic rings. The van der Waals surface area contributed by atoms with Gasteiger partial charge in [-0.25, -0.2) is 13.4 Å². The Balaban J connectivity index is 1.69. The largest absolute Gasteiger partial charge is 0.481 e. The predicted molar refractivity (Wildman–Crippen MR) is 76.7 cm³/mol. The summed E-state index contributed by atoms with van der Waals surface area (Å²) in [7, 11) is -3.66. The van der Waals surface area contributed by atoms with Gasteiger partial charge in [-0.2, -0.15) is 4.31 Å². The van der Waals surface area contributed by atoms with Gasteiger partial charge in [-0.1, -0.05) is 6.42 Å². The second-order valence-electron chi connectivity index (χ2n) is 6.62. The van der Waals surface area contributed by atoms with Crippen LogP contribution in [0, 0.1) is 11.3 Å². The average Bonchev–Trinajstić information content (AvgIpc) is 3.16. The number of nitrogens with zero attached hydrogens (tertiary/aromatic N) is 3. The third kappa shape index (κ3) is 1.73. The van der Waals surface area contributed by atoms with E-state index in [0.29, 0.717) is 19.5 Å². The molecule has 0 amide bonds. The molecule has 0 aromatic carbocycles. The summed E-state index contributed by atoms with van der Waals surface area (Å²) in [6, 6.07) is 0. The number of imidazole rings is 1. The van der Waals surface area contributed by atoms with Crippen LogP contribution < -0.4 is 0 Å². The molecule has 2 aliphatic heterocycles. The monoisotopic (exact) mass is 325 g/mol. The minimum Gasteiger partial charge on any atom is -0.481 e. The highest BCUT2D eigenvalue weighted by Gasteiger charge is 2.57. The third-order valence-corrected chi connectivity index (χ3v) is 7.37. The van der Waals surface area contributed by atoms with Gasteiger partial charge in [-0.3, -0.25) is 4.79 Å². The lowest BCUT2D eigenvalue weighted by molar-refractivity contribution is -0.149. The summed E-state index contributed by atoms with van der Waals surface area (Å²) in [6.45, 7) is 1.08. The molecule has 1 N–H and O–H groups in total. The topological polar surface area (TPSA) is 92.5 Å². The van der Waals surface area contributed by atoms with Gasteiger partial charge in [0.1, 0.15) is 5.82 Å². The van der Waals surface area contributed by atoms with Crippen LogP contribution >= 0.6 is 0 Å². The van der Waals surface area contributed by atoms with E-state index in [2.05, 4.69) is 4.98 Å². The first-order valence-electron chi connectivity index (χ1n) is 7.73. The molecule has 0 unspecified atom stereocenters. The smallest absolute Gasteiger partial charge is 0.311 e. The number of sulfonamides is 1. The van der Waals surface area contributed by atoms with E-state index in [-0.39, 0.29) is 17.5 Å². The zero-order valence-electron chi connectivity index (χ0n) is 12.2. The second-order valence-corrected chi connectivity index (χ2v) is 8.50. The van der Waals surface area contributed by atoms with E-state index < -0.39 is 21.4 Å². The number of aromatic nitrogens is 2. The third-order valence-electron chi connectivity index (χ3n) is 5.55. The number of aryl methyl sites for hydroxylation is 1. The molecule has 0 radical (unpaired) electrons. The molecule has 1 aliphatic carbocycles. The number of carboxylic acid groups (broad SMARTS) is 1. The van der Waals surface area contributed by atoms with Gasteiger partial charge in [-0.05, 0) is 25.2 Å². The molecule has 7 nitrogen and oxygen atoms in total. The molecule has 4 rings (SSSR count). The van der Waals surface area contributed by atoms with Crippen molar-refractivity contribution in [3.63, 3.8) is 0 Å². The van der Waals surface area contributed by atoms with Gasteiger partial charge in [0, 0.05) is 26.1 Å². The van der Waals surface area contributed by atoms with E-state index in [0.717, 1.165) is 31.5 Å². The zero-order chi connectivity index (χ0) is 15.5. The Morgan fingerprint density at radius 2 is 2.23 bits per heavy atom. The summed E-state index contributed by atoms with van der Waals surface area (Å²) >= 11 is 0. The standard InChI is InChI=1S/C14H19N3O4S/c18-13(19)14-5-1-3-10(14)8-16(9-14)22(20,21)12-7-15-11-4-2-6-17(11)12/h7,10H,1-6,8-9H2,(H,18,19)/t10-,14+/m0/s1. The Labute approximate surface area is 129 Å². The predicted octanol–water partition coefficient (Wildman–Crippen LogP) is 0.705. The molecule has 1 aromatic heterocycles. The lowest BCUT2D eigenvalue weighted by atomic mass is 9.81. The zero-order valence-corrected chi connectivity index (χ0v) is 13.0. The summed E-state index contributed by atoms with van der Waals surface area (Å²) in [5.41, 5.74) is -0.888. The van der Waals surface area contributed by atoms with Crippen LogP contribution in [0.25, 0.3) is 0 Å². The Hall–Kier alpha value is -1.41. The molecule has 0 spiro atoms. The Kier molecular flexibility index (Phi) is 2.93. The van der Waals surface area contributed by atoms with Crippen LogP contribution in [0.4, 0.5) is 0 Å². The van der Waals surface area contributed by atoms with Gasteiger partial charge in [0.2, 0.25) is 0 Å². The maximum atomic E-state index is 12.9. The molecule has 8 heteroatoms. The Bertz CT molecular complexity index is 741. The summed E-state index contributed by atoms with van der Waals surface area (Å²) in [5, 5.41) is 9.83. The molecule has 0 bridgehead atoms. The maximum Gasteiger partial charge on any atom is 0.311 e. The van der Waals surface area contributed by atoms with Crippen molar-refractivity contribution in [2.45, 2.75) is 43.7 Å². The van der Waals surface area contributed by atoms with E-state index in [1.165, 1.54) is 10.5 Å². The summed E-state index contributed by atoms with van der Waals surface area (Å²) < 4.78 is 29.0. The molecule has 2 fully saturated rings. The van der Waals surface area contributed by atoms with E-state index in [9.17, 15) is 18.3 Å². The maximum absolute atomic E-state index is 12.9. The van der Waals surface area contributed by atoms with Crippen molar-refractivity contribution in [3.8, 4) is 0 Å². The fourth-order valence-electron chi connectivity index (χ4n) is 4.34. The van der Waals surface area contributed by atoms with Crippen LogP contribution in [0.5, 0.6) is 0 Å². The van der Waals surface area contributed by atoms with Crippen LogP contribution in [0.15, 0.2) is 11.2 Å². The molecule has 22 heavy (non-hydrogen) atoms. The van der Waals surface area contributed by atoms with Crippen molar-refractivity contribution in [1.82, 2.24) is 13.9 Å². The van der Waals surface area contributed by atoms with E-state index in [1.54, 1.807) is 4.57 Å². The number of carboxylic acids is 1. The van der Waals surface area contributed by atoms with Gasteiger partial charge in [-0.15, -0.1) is 0 Å². The van der Waals surface area contributed by atoms with Crippen molar-refractivity contribution in [2.75, 3.05) is 13.1 Å². The average molecular weight is 325 g/mol. The van der Waals surface area contributed by atoms with E-state index >= 15 is 0 Å². The summed E-state index contributed by atoms with van der Waals surface area (Å²) in [4.78, 5) is 15.9. The molecule has 3 heterocycles. The van der Waals surface area contributed by atoms with Crippen molar-refractivity contribution >= 4 is 16.0 Å². The highest BCUT2D eigenvalue weighted by Crippen LogP contribution is 2.50. The number of rotatable bonds is 3. The lowest BCUT2D eigenvalue weighted by Crippen LogP contribution is -2.37. The second kappa shape index (κ2) is 4.55. The number of fused-ring (bicyclic) bond motifs is 2. The highest BCUT2D eigenvalue weighted by atomic mass is 32.2. The fraction of sp³-hybridized carbons (Fsp3) is 0.714. The number of hydrogen-bond donors (Lipinski definition) is 1. The number of carbonyl (C=O) groups is 1. The SMILES string of the molecule is O=C(O)[C@@]12CCC[C@H]1CN(S(=O)(=O)c1cnc3n1CCC3)C2. The van der Waals surface area contributed by atoms with Gasteiger partial charge in [0.05, 0.1) is 11.6 Å². The van der Waals surface area contributed by atoms with Gasteiger partial charge >= 0.3 is 5.97 Å². The minimum atomic E-state index is -3.66. The highest BCUT2D eigenvalue weighted by molar-refractivity contribution is 7.89. The van der Waals surface area contributed by atoms with Crippen LogP contribution in [-0.4, -0.2) is 46.4 Å². The van der Waals surface area contributed by atoms with Crippen LogP contribution in [0.2, 0.25) is 0 Å². The van der Waals surface area contributed by atoms with Crippen LogP contribution in [0.3, 0.4) is 0 Å². The number of hydrogen-bond acceptors (Lipinski definition) is 4. The van der Waals surface area contributed by atoms with Gasteiger partial charge in [0.25, 0.3) is 10.0 Å². The quantitative estimate of drug-likeness (QED) is 0.883. The molecular formula is C14H19N3O4S. The first-order chi connectivity index (χ1) is 10.4. The van der Waals surface area contributed by atoms with Crippen molar-refractivity contribution in [2.24, 2.45) is 11.3 Å². The fourth-order valence-corrected chi connectivity index (χ4v) is 6.05. The first kappa shape index (κ1) is 14.2. The minimum absolute atomic E-state index is 0.0688. The van der Waals surface area contributed by atoms with Crippen LogP contribution in [-0.2, 0) is 27.8 Å². The van der Waals surface area contributed by atoms with E-state index in [1.807, 2.05) is 0 Å². The molecule has 1 aromatic rings. The van der Waals surface area contributed by atoms with Crippen molar-refractivity contribution in [3.05, 3.63) is 12.0 Å². The van der Waals surface area contributed by atoms with Crippen molar-refractivity contribution < 1.29 is 18.3 Å².